The second-order valence-corrected chi connectivity index (χ2v) is 2.65. The molecular weight excluding hydrogens is 116 g/mol. The summed E-state index contributed by atoms with van der Waals surface area (Å²) < 4.78 is 0.0370. The topological polar surface area (TPSA) is 20.2 Å². The van der Waals surface area contributed by atoms with Gasteiger partial charge >= 0.3 is 0 Å². The summed E-state index contributed by atoms with van der Waals surface area (Å²) >= 11 is 7.76. The molecule has 6 heavy (non-hydrogen) atoms. The van der Waals surface area contributed by atoms with Crippen LogP contribution in [-0.4, -0.2) is 16.3 Å². The number of hydrogen-bond donors (Lipinski definition) is 3. The second kappa shape index (κ2) is 3.84. The average molecular weight is 124 g/mol. The minimum Gasteiger partial charge on any atom is -0.396 e. The van der Waals surface area contributed by atoms with E-state index in [9.17, 15) is 0 Å². The zero-order valence-corrected chi connectivity index (χ0v) is 5.12. The summed E-state index contributed by atoms with van der Waals surface area (Å²) in [7, 11) is 0. The van der Waals surface area contributed by atoms with Crippen molar-refractivity contribution in [3.63, 3.8) is 0 Å². The third-order valence-corrected chi connectivity index (χ3v) is 0.904. The minimum absolute atomic E-state index is 0.0370. The summed E-state index contributed by atoms with van der Waals surface area (Å²) in [6, 6.07) is 0. The molecule has 0 bridgehead atoms. The van der Waals surface area contributed by atoms with Crippen LogP contribution in [0.5, 0.6) is 0 Å². The number of aliphatic hydroxyl groups excluding tert-OH is 1. The highest BCUT2D eigenvalue weighted by Gasteiger charge is 1.88. The lowest BCUT2D eigenvalue weighted by atomic mass is 10.5. The predicted octanol–water partition coefficient (Wildman–Crippen LogP) is 0.554. The van der Waals surface area contributed by atoms with Crippen molar-refractivity contribution in [2.75, 3.05) is 6.61 Å². The summed E-state index contributed by atoms with van der Waals surface area (Å²) in [5.74, 6) is 0. The van der Waals surface area contributed by atoms with Gasteiger partial charge in [-0.2, -0.15) is 25.3 Å². The fraction of sp³-hybridized carbons (Fsp3) is 1.00. The molecule has 1 nitrogen and oxygen atoms in total. The highest BCUT2D eigenvalue weighted by atomic mass is 32.2. The van der Waals surface area contributed by atoms with Crippen molar-refractivity contribution >= 4 is 25.3 Å². The highest BCUT2D eigenvalue weighted by Crippen LogP contribution is 2.02. The molecule has 0 unspecified atom stereocenters. The van der Waals surface area contributed by atoms with Gasteiger partial charge in [0.15, 0.2) is 0 Å². The van der Waals surface area contributed by atoms with E-state index in [2.05, 4.69) is 25.3 Å². The van der Waals surface area contributed by atoms with Crippen LogP contribution in [0.4, 0.5) is 0 Å². The van der Waals surface area contributed by atoms with E-state index in [0.29, 0.717) is 6.42 Å². The second-order valence-electron chi connectivity index (χ2n) is 0.993. The molecule has 0 fully saturated rings. The summed E-state index contributed by atoms with van der Waals surface area (Å²) in [5.41, 5.74) is 0. The first-order valence-electron chi connectivity index (χ1n) is 1.74. The van der Waals surface area contributed by atoms with E-state index in [1.807, 2.05) is 0 Å². The SMILES string of the molecule is OCCC(S)S. The zero-order chi connectivity index (χ0) is 4.99. The van der Waals surface area contributed by atoms with Crippen molar-refractivity contribution in [1.29, 1.82) is 0 Å². The van der Waals surface area contributed by atoms with Crippen LogP contribution < -0.4 is 0 Å². The van der Waals surface area contributed by atoms with Crippen LogP contribution >= 0.6 is 25.3 Å². The van der Waals surface area contributed by atoms with Gasteiger partial charge in [0.05, 0.1) is 0 Å². The molecule has 0 aliphatic heterocycles. The molecule has 0 aromatic heterocycles. The van der Waals surface area contributed by atoms with E-state index in [4.69, 9.17) is 5.11 Å². The maximum absolute atomic E-state index is 8.14. The lowest BCUT2D eigenvalue weighted by Crippen LogP contribution is -1.89. The zero-order valence-electron chi connectivity index (χ0n) is 3.33. The molecular formula is C3H8OS2. The van der Waals surface area contributed by atoms with Gasteiger partial charge in [-0.15, -0.1) is 0 Å². The molecule has 0 aliphatic carbocycles. The van der Waals surface area contributed by atoms with Crippen molar-refractivity contribution in [2.45, 2.75) is 11.0 Å². The van der Waals surface area contributed by atoms with Crippen LogP contribution in [0.25, 0.3) is 0 Å². The summed E-state index contributed by atoms with van der Waals surface area (Å²) in [4.78, 5) is 0. The standard InChI is InChI=1S/C3H8OS2/c4-2-1-3(5)6/h3-6H,1-2H2. The maximum Gasteiger partial charge on any atom is 0.0464 e. The third-order valence-electron chi connectivity index (χ3n) is 0.387. The maximum atomic E-state index is 8.14. The molecule has 0 radical (unpaired) electrons. The molecule has 38 valence electrons. The Bertz CT molecular complexity index is 30.0. The van der Waals surface area contributed by atoms with Crippen LogP contribution in [0.3, 0.4) is 0 Å². The summed E-state index contributed by atoms with van der Waals surface area (Å²) in [6.45, 7) is 0.178. The van der Waals surface area contributed by atoms with Crippen LogP contribution in [0.2, 0.25) is 0 Å². The van der Waals surface area contributed by atoms with Gasteiger partial charge in [-0.1, -0.05) is 0 Å². The first kappa shape index (κ1) is 6.66. The van der Waals surface area contributed by atoms with Gasteiger partial charge in [0, 0.05) is 11.2 Å². The van der Waals surface area contributed by atoms with E-state index < -0.39 is 0 Å². The Balaban J connectivity index is 2.63. The van der Waals surface area contributed by atoms with Crippen LogP contribution in [0.15, 0.2) is 0 Å². The average Bonchev–Trinajstić information content (AvgIpc) is 1.35. The molecule has 0 heterocycles. The Morgan fingerprint density at radius 2 is 2.00 bits per heavy atom. The van der Waals surface area contributed by atoms with Gasteiger partial charge in [-0.25, -0.2) is 0 Å². The van der Waals surface area contributed by atoms with E-state index in [0.717, 1.165) is 0 Å². The Morgan fingerprint density at radius 3 is 2.00 bits per heavy atom. The summed E-state index contributed by atoms with van der Waals surface area (Å²) in [5, 5.41) is 8.14. The van der Waals surface area contributed by atoms with Gasteiger partial charge in [-0.05, 0) is 6.42 Å². The predicted molar refractivity (Wildman–Crippen MR) is 33.5 cm³/mol. The van der Waals surface area contributed by atoms with Crippen molar-refractivity contribution in [3.05, 3.63) is 0 Å². The lowest BCUT2D eigenvalue weighted by Gasteiger charge is -1.93. The Morgan fingerprint density at radius 1 is 1.50 bits per heavy atom. The quantitative estimate of drug-likeness (QED) is 0.363. The molecule has 3 heteroatoms. The van der Waals surface area contributed by atoms with Gasteiger partial charge in [0.1, 0.15) is 0 Å². The summed E-state index contributed by atoms with van der Waals surface area (Å²) in [6.07, 6.45) is 0.659. The van der Waals surface area contributed by atoms with E-state index in [-0.39, 0.29) is 11.2 Å². The molecule has 0 spiro atoms. The Labute approximate surface area is 48.6 Å². The molecule has 0 aromatic rings. The number of hydrogen-bond acceptors (Lipinski definition) is 3. The third kappa shape index (κ3) is 4.66. The smallest absolute Gasteiger partial charge is 0.0464 e. The van der Waals surface area contributed by atoms with Crippen LogP contribution in [0.1, 0.15) is 6.42 Å². The molecule has 0 rings (SSSR count). The minimum atomic E-state index is 0.0370. The van der Waals surface area contributed by atoms with Gasteiger partial charge in [0.2, 0.25) is 0 Å². The Kier molecular flexibility index (Phi) is 4.26. The van der Waals surface area contributed by atoms with Gasteiger partial charge in [0.25, 0.3) is 0 Å². The number of thiol groups is 2. The van der Waals surface area contributed by atoms with Crippen molar-refractivity contribution < 1.29 is 5.11 Å². The van der Waals surface area contributed by atoms with Crippen molar-refractivity contribution in [3.8, 4) is 0 Å². The van der Waals surface area contributed by atoms with E-state index in [1.165, 1.54) is 0 Å². The number of rotatable bonds is 2. The molecule has 0 saturated carbocycles. The molecule has 1 N–H and O–H groups in total. The van der Waals surface area contributed by atoms with Crippen LogP contribution in [-0.2, 0) is 0 Å². The first-order valence-corrected chi connectivity index (χ1v) is 2.77. The van der Waals surface area contributed by atoms with Crippen LogP contribution in [0, 0.1) is 0 Å². The molecule has 0 saturated heterocycles. The fourth-order valence-corrected chi connectivity index (χ4v) is 0.346. The lowest BCUT2D eigenvalue weighted by molar-refractivity contribution is 0.294. The molecule has 0 amide bonds. The van der Waals surface area contributed by atoms with Crippen molar-refractivity contribution in [1.82, 2.24) is 0 Å². The Hall–Kier alpha value is 0.660. The highest BCUT2D eigenvalue weighted by molar-refractivity contribution is 7.99. The molecule has 0 atom stereocenters. The van der Waals surface area contributed by atoms with Gasteiger partial charge < -0.3 is 5.11 Å². The first-order chi connectivity index (χ1) is 2.77. The van der Waals surface area contributed by atoms with E-state index in [1.54, 1.807) is 0 Å². The largest absolute Gasteiger partial charge is 0.396 e. The van der Waals surface area contributed by atoms with E-state index >= 15 is 0 Å². The normalized spacial score (nSPS) is 10.0. The monoisotopic (exact) mass is 124 g/mol. The number of aliphatic hydroxyl groups is 1. The molecule has 0 aliphatic rings. The van der Waals surface area contributed by atoms with Crippen molar-refractivity contribution in [2.24, 2.45) is 0 Å². The molecule has 0 aromatic carbocycles. The van der Waals surface area contributed by atoms with Gasteiger partial charge in [-0.3, -0.25) is 0 Å². The fourth-order valence-electron chi connectivity index (χ4n) is 0.115.